The number of nitrogens with one attached hydrogen (secondary N) is 1. The van der Waals surface area contributed by atoms with Crippen molar-refractivity contribution in [3.8, 4) is 0 Å². The van der Waals surface area contributed by atoms with Gasteiger partial charge in [-0.25, -0.2) is 4.98 Å². The SMILES string of the molecule is CCCCc1ccc2nc(NC(=O)c3ccc(C(C)C)cc3)sc2c1. The fraction of sp³-hybridized carbons (Fsp3) is 0.333. The van der Waals surface area contributed by atoms with Crippen LogP contribution in [0.3, 0.4) is 0 Å². The van der Waals surface area contributed by atoms with Crippen molar-refractivity contribution in [3.63, 3.8) is 0 Å². The molecule has 0 aliphatic carbocycles. The molecule has 0 radical (unpaired) electrons. The zero-order valence-corrected chi connectivity index (χ0v) is 15.8. The van der Waals surface area contributed by atoms with E-state index in [-0.39, 0.29) is 5.91 Å². The molecule has 0 spiro atoms. The van der Waals surface area contributed by atoms with E-state index in [2.05, 4.69) is 43.2 Å². The molecule has 0 bridgehead atoms. The van der Waals surface area contributed by atoms with E-state index in [4.69, 9.17) is 0 Å². The maximum atomic E-state index is 12.4. The van der Waals surface area contributed by atoms with E-state index in [0.717, 1.165) is 16.6 Å². The van der Waals surface area contributed by atoms with Gasteiger partial charge in [-0.05, 0) is 54.2 Å². The van der Waals surface area contributed by atoms with Gasteiger partial charge in [0.05, 0.1) is 10.2 Å². The van der Waals surface area contributed by atoms with Crippen LogP contribution in [0.2, 0.25) is 0 Å². The summed E-state index contributed by atoms with van der Waals surface area (Å²) in [7, 11) is 0. The topological polar surface area (TPSA) is 42.0 Å². The van der Waals surface area contributed by atoms with Gasteiger partial charge >= 0.3 is 0 Å². The van der Waals surface area contributed by atoms with Gasteiger partial charge in [-0.1, -0.05) is 56.7 Å². The molecule has 130 valence electrons. The van der Waals surface area contributed by atoms with Gasteiger partial charge in [-0.15, -0.1) is 0 Å². The number of aromatic nitrogens is 1. The molecule has 1 amide bonds. The minimum Gasteiger partial charge on any atom is -0.298 e. The van der Waals surface area contributed by atoms with Crippen LogP contribution in [0.4, 0.5) is 5.13 Å². The maximum absolute atomic E-state index is 12.4. The van der Waals surface area contributed by atoms with Gasteiger partial charge in [0.15, 0.2) is 5.13 Å². The Balaban J connectivity index is 1.74. The van der Waals surface area contributed by atoms with E-state index in [1.54, 1.807) is 0 Å². The molecular formula is C21H24N2OS. The van der Waals surface area contributed by atoms with Gasteiger partial charge in [-0.3, -0.25) is 10.1 Å². The number of thiazole rings is 1. The summed E-state index contributed by atoms with van der Waals surface area (Å²) in [6, 6.07) is 14.1. The Kier molecular flexibility index (Phi) is 5.49. The summed E-state index contributed by atoms with van der Waals surface area (Å²) >= 11 is 1.53. The molecule has 3 aromatic rings. The van der Waals surface area contributed by atoms with Crippen molar-refractivity contribution in [1.29, 1.82) is 0 Å². The summed E-state index contributed by atoms with van der Waals surface area (Å²) in [4.78, 5) is 17.0. The van der Waals surface area contributed by atoms with Gasteiger partial charge < -0.3 is 0 Å². The Morgan fingerprint density at radius 1 is 1.16 bits per heavy atom. The van der Waals surface area contributed by atoms with E-state index < -0.39 is 0 Å². The number of carbonyl (C=O) groups is 1. The largest absolute Gasteiger partial charge is 0.298 e. The second-order valence-electron chi connectivity index (χ2n) is 6.66. The molecule has 0 atom stereocenters. The van der Waals surface area contributed by atoms with Crippen molar-refractivity contribution in [2.75, 3.05) is 5.32 Å². The van der Waals surface area contributed by atoms with Gasteiger partial charge in [0.2, 0.25) is 0 Å². The van der Waals surface area contributed by atoms with Crippen LogP contribution in [-0.2, 0) is 6.42 Å². The van der Waals surface area contributed by atoms with Crippen molar-refractivity contribution in [3.05, 3.63) is 59.2 Å². The van der Waals surface area contributed by atoms with E-state index in [1.807, 2.05) is 30.3 Å². The molecule has 0 aliphatic rings. The normalized spacial score (nSPS) is 11.2. The quantitative estimate of drug-likeness (QED) is 0.590. The Bertz CT molecular complexity index is 865. The van der Waals surface area contributed by atoms with Crippen molar-refractivity contribution < 1.29 is 4.79 Å². The first-order valence-corrected chi connectivity index (χ1v) is 9.69. The molecule has 0 saturated heterocycles. The third kappa shape index (κ3) is 4.26. The zero-order chi connectivity index (χ0) is 17.8. The van der Waals surface area contributed by atoms with E-state index in [1.165, 1.54) is 35.3 Å². The number of amides is 1. The molecule has 1 heterocycles. The maximum Gasteiger partial charge on any atom is 0.257 e. The third-order valence-electron chi connectivity index (χ3n) is 4.33. The van der Waals surface area contributed by atoms with Crippen LogP contribution < -0.4 is 5.32 Å². The average molecular weight is 353 g/mol. The predicted octanol–water partition coefficient (Wildman–Crippen LogP) is 6.01. The Labute approximate surface area is 153 Å². The number of carbonyl (C=O) groups excluding carboxylic acids is 1. The number of aryl methyl sites for hydroxylation is 1. The first-order chi connectivity index (χ1) is 12.1. The summed E-state index contributed by atoms with van der Waals surface area (Å²) in [5.74, 6) is 0.351. The minimum absolute atomic E-state index is 0.111. The number of anilines is 1. The highest BCUT2D eigenvalue weighted by molar-refractivity contribution is 7.22. The van der Waals surface area contributed by atoms with Crippen molar-refractivity contribution in [2.45, 2.75) is 46.0 Å². The van der Waals surface area contributed by atoms with Crippen LogP contribution in [0.25, 0.3) is 10.2 Å². The van der Waals surface area contributed by atoms with Crippen LogP contribution in [0, 0.1) is 0 Å². The molecule has 4 heteroatoms. The van der Waals surface area contributed by atoms with Crippen LogP contribution in [0.15, 0.2) is 42.5 Å². The van der Waals surface area contributed by atoms with E-state index >= 15 is 0 Å². The van der Waals surface area contributed by atoms with Crippen molar-refractivity contribution in [1.82, 2.24) is 4.98 Å². The number of benzene rings is 2. The first-order valence-electron chi connectivity index (χ1n) is 8.87. The molecule has 1 N–H and O–H groups in total. The van der Waals surface area contributed by atoms with Crippen LogP contribution in [0.5, 0.6) is 0 Å². The predicted molar refractivity (Wildman–Crippen MR) is 107 cm³/mol. The standard InChI is InChI=1S/C21H24N2OS/c1-4-5-6-15-7-12-18-19(13-15)25-21(22-18)23-20(24)17-10-8-16(9-11-17)14(2)3/h7-14H,4-6H2,1-3H3,(H,22,23,24). The highest BCUT2D eigenvalue weighted by Gasteiger charge is 2.11. The van der Waals surface area contributed by atoms with Crippen LogP contribution in [-0.4, -0.2) is 10.9 Å². The molecule has 2 aromatic carbocycles. The minimum atomic E-state index is -0.111. The average Bonchev–Trinajstić information content (AvgIpc) is 3.01. The molecule has 3 rings (SSSR count). The lowest BCUT2D eigenvalue weighted by molar-refractivity contribution is 0.102. The fourth-order valence-corrected chi connectivity index (χ4v) is 3.67. The van der Waals surface area contributed by atoms with Crippen LogP contribution >= 0.6 is 11.3 Å². The smallest absolute Gasteiger partial charge is 0.257 e. The molecule has 0 fully saturated rings. The molecule has 0 unspecified atom stereocenters. The molecule has 25 heavy (non-hydrogen) atoms. The van der Waals surface area contributed by atoms with Gasteiger partial charge in [-0.2, -0.15) is 0 Å². The third-order valence-corrected chi connectivity index (χ3v) is 5.27. The van der Waals surface area contributed by atoms with Gasteiger partial charge in [0.25, 0.3) is 5.91 Å². The second kappa shape index (κ2) is 7.79. The Morgan fingerprint density at radius 2 is 1.92 bits per heavy atom. The second-order valence-corrected chi connectivity index (χ2v) is 7.69. The first kappa shape index (κ1) is 17.6. The van der Waals surface area contributed by atoms with E-state index in [0.29, 0.717) is 16.6 Å². The number of rotatable bonds is 6. The molecule has 0 saturated carbocycles. The lowest BCUT2D eigenvalue weighted by Crippen LogP contribution is -2.11. The molecular weight excluding hydrogens is 328 g/mol. The molecule has 3 nitrogen and oxygen atoms in total. The number of unbranched alkanes of at least 4 members (excludes halogenated alkanes) is 1. The zero-order valence-electron chi connectivity index (χ0n) is 15.0. The highest BCUT2D eigenvalue weighted by atomic mass is 32.1. The summed E-state index contributed by atoms with van der Waals surface area (Å²) in [5.41, 5.74) is 4.17. The molecule has 1 aromatic heterocycles. The number of nitrogens with zero attached hydrogens (tertiary/aromatic N) is 1. The van der Waals surface area contributed by atoms with Gasteiger partial charge in [0, 0.05) is 5.56 Å². The lowest BCUT2D eigenvalue weighted by atomic mass is 10.0. The van der Waals surface area contributed by atoms with Gasteiger partial charge in [0.1, 0.15) is 0 Å². The number of hydrogen-bond acceptors (Lipinski definition) is 3. The summed E-state index contributed by atoms with van der Waals surface area (Å²) in [5, 5.41) is 3.58. The fourth-order valence-electron chi connectivity index (χ4n) is 2.75. The monoisotopic (exact) mass is 352 g/mol. The summed E-state index contributed by atoms with van der Waals surface area (Å²) in [6.07, 6.45) is 3.48. The molecule has 0 aliphatic heterocycles. The van der Waals surface area contributed by atoms with Crippen LogP contribution in [0.1, 0.15) is 61.0 Å². The number of hydrogen-bond donors (Lipinski definition) is 1. The van der Waals surface area contributed by atoms with E-state index in [9.17, 15) is 4.79 Å². The lowest BCUT2D eigenvalue weighted by Gasteiger charge is -2.06. The highest BCUT2D eigenvalue weighted by Crippen LogP contribution is 2.27. The number of fused-ring (bicyclic) bond motifs is 1. The Hall–Kier alpha value is -2.20. The summed E-state index contributed by atoms with van der Waals surface area (Å²) < 4.78 is 1.12. The van der Waals surface area contributed by atoms with Crippen molar-refractivity contribution in [2.24, 2.45) is 0 Å². The summed E-state index contributed by atoms with van der Waals surface area (Å²) in [6.45, 7) is 6.49. The van der Waals surface area contributed by atoms with Crippen molar-refractivity contribution >= 4 is 32.6 Å². The Morgan fingerprint density at radius 3 is 2.60 bits per heavy atom.